The van der Waals surface area contributed by atoms with Crippen molar-refractivity contribution in [3.05, 3.63) is 24.3 Å². The Morgan fingerprint density at radius 1 is 1.16 bits per heavy atom. The minimum atomic E-state index is -0.0472. The lowest BCUT2D eigenvalue weighted by molar-refractivity contribution is -0.131. The smallest absolute Gasteiger partial charge is 0.159 e. The summed E-state index contributed by atoms with van der Waals surface area (Å²) >= 11 is 0. The molecule has 25 heavy (non-hydrogen) atoms. The van der Waals surface area contributed by atoms with Gasteiger partial charge >= 0.3 is 0 Å². The number of hydrogen-bond donors (Lipinski definition) is 0. The maximum absolute atomic E-state index is 12.9. The number of ketones is 2. The zero-order chi connectivity index (χ0) is 17.8. The van der Waals surface area contributed by atoms with Gasteiger partial charge in [-0.3, -0.25) is 9.59 Å². The highest BCUT2D eigenvalue weighted by molar-refractivity contribution is 6.05. The predicted octanol–water partition coefficient (Wildman–Crippen LogP) is 5.28. The highest BCUT2D eigenvalue weighted by atomic mass is 16.1. The van der Waals surface area contributed by atoms with Gasteiger partial charge in [0.1, 0.15) is 0 Å². The largest absolute Gasteiger partial charge is 0.295 e. The van der Waals surface area contributed by atoms with E-state index in [9.17, 15) is 9.59 Å². The van der Waals surface area contributed by atoms with Gasteiger partial charge in [-0.05, 0) is 85.5 Å². The average Bonchev–Trinajstić information content (AvgIpc) is 2.91. The maximum Gasteiger partial charge on any atom is 0.159 e. The Morgan fingerprint density at radius 3 is 2.72 bits per heavy atom. The number of carbonyl (C=O) groups excluding carboxylic acids is 2. The molecule has 0 aromatic rings. The summed E-state index contributed by atoms with van der Waals surface area (Å²) in [6.07, 6.45) is 13.5. The van der Waals surface area contributed by atoms with Crippen molar-refractivity contribution in [1.82, 2.24) is 0 Å². The van der Waals surface area contributed by atoms with Crippen molar-refractivity contribution in [2.45, 2.75) is 71.6 Å². The van der Waals surface area contributed by atoms with Gasteiger partial charge in [0, 0.05) is 18.4 Å². The van der Waals surface area contributed by atoms with Crippen molar-refractivity contribution in [3.63, 3.8) is 0 Å². The monoisotopic (exact) mass is 340 g/mol. The maximum atomic E-state index is 12.9. The fraction of sp³-hybridized carbons (Fsp3) is 0.739. The Labute approximate surface area is 152 Å². The summed E-state index contributed by atoms with van der Waals surface area (Å²) in [6, 6.07) is 0. The van der Waals surface area contributed by atoms with E-state index in [1.54, 1.807) is 6.08 Å². The molecule has 6 atom stereocenters. The molecular weight excluding hydrogens is 308 g/mol. The minimum Gasteiger partial charge on any atom is -0.295 e. The predicted molar refractivity (Wildman–Crippen MR) is 100 cm³/mol. The topological polar surface area (TPSA) is 34.1 Å². The van der Waals surface area contributed by atoms with Crippen LogP contribution in [0.4, 0.5) is 0 Å². The van der Waals surface area contributed by atoms with E-state index in [-0.39, 0.29) is 17.0 Å². The van der Waals surface area contributed by atoms with Crippen molar-refractivity contribution < 1.29 is 9.59 Å². The average molecular weight is 341 g/mol. The van der Waals surface area contributed by atoms with Crippen LogP contribution in [0.5, 0.6) is 0 Å². The molecule has 0 amide bonds. The van der Waals surface area contributed by atoms with E-state index in [2.05, 4.69) is 26.5 Å². The molecule has 0 radical (unpaired) electrons. The third kappa shape index (κ3) is 2.43. The highest BCUT2D eigenvalue weighted by Crippen LogP contribution is 2.66. The molecule has 2 heteroatoms. The Bertz CT molecular complexity index is 644. The second-order valence-corrected chi connectivity index (χ2v) is 9.63. The number of carbonyl (C=O) groups is 2. The van der Waals surface area contributed by atoms with E-state index in [0.717, 1.165) is 24.3 Å². The van der Waals surface area contributed by atoms with Crippen molar-refractivity contribution in [2.24, 2.45) is 34.5 Å². The van der Waals surface area contributed by atoms with Crippen molar-refractivity contribution in [1.29, 1.82) is 0 Å². The molecule has 0 unspecified atom stereocenters. The van der Waals surface area contributed by atoms with Crippen molar-refractivity contribution >= 4 is 11.6 Å². The van der Waals surface area contributed by atoms with Gasteiger partial charge in [-0.25, -0.2) is 0 Å². The second-order valence-electron chi connectivity index (χ2n) is 9.63. The molecule has 0 saturated heterocycles. The first-order valence-electron chi connectivity index (χ1n) is 10.3. The van der Waals surface area contributed by atoms with E-state index in [4.69, 9.17) is 0 Å². The molecule has 0 aromatic carbocycles. The van der Waals surface area contributed by atoms with Gasteiger partial charge in [-0.1, -0.05) is 19.9 Å². The third-order valence-corrected chi connectivity index (χ3v) is 8.70. The number of hydrogen-bond acceptors (Lipinski definition) is 2. The molecule has 136 valence electrons. The van der Waals surface area contributed by atoms with Gasteiger partial charge in [-0.15, -0.1) is 6.58 Å². The molecule has 2 nitrogen and oxygen atoms in total. The third-order valence-electron chi connectivity index (χ3n) is 8.70. The molecule has 4 aliphatic rings. The highest BCUT2D eigenvalue weighted by Gasteiger charge is 2.60. The van der Waals surface area contributed by atoms with Crippen molar-refractivity contribution in [2.75, 3.05) is 0 Å². The van der Waals surface area contributed by atoms with Crippen LogP contribution in [0, 0.1) is 34.5 Å². The number of rotatable bonds is 3. The Kier molecular flexibility index (Phi) is 4.09. The first kappa shape index (κ1) is 17.2. The molecule has 0 bridgehead atoms. The van der Waals surface area contributed by atoms with Crippen LogP contribution in [0.15, 0.2) is 24.3 Å². The van der Waals surface area contributed by atoms with Crippen LogP contribution in [-0.4, -0.2) is 11.6 Å². The first-order valence-corrected chi connectivity index (χ1v) is 10.3. The van der Waals surface area contributed by atoms with Gasteiger partial charge in [0.2, 0.25) is 0 Å². The van der Waals surface area contributed by atoms with Crippen LogP contribution in [0.2, 0.25) is 0 Å². The van der Waals surface area contributed by atoms with E-state index in [1.165, 1.54) is 32.1 Å². The second kappa shape index (κ2) is 5.93. The number of Topliss-reactive ketones (excluding diaryl/α,β-unsaturated/α-hetero) is 1. The zero-order valence-corrected chi connectivity index (χ0v) is 15.9. The summed E-state index contributed by atoms with van der Waals surface area (Å²) in [5, 5.41) is 0. The first-order chi connectivity index (χ1) is 11.9. The summed E-state index contributed by atoms with van der Waals surface area (Å²) in [4.78, 5) is 24.9. The van der Waals surface area contributed by atoms with Crippen LogP contribution in [0.3, 0.4) is 0 Å². The number of allylic oxidation sites excluding steroid dienone is 2. The molecule has 3 saturated carbocycles. The Balaban J connectivity index is 1.65. The lowest BCUT2D eigenvalue weighted by Crippen LogP contribution is -2.52. The van der Waals surface area contributed by atoms with Crippen LogP contribution < -0.4 is 0 Å². The molecular formula is C23H32O2. The molecule has 4 aliphatic carbocycles. The lowest BCUT2D eigenvalue weighted by atomic mass is 9.46. The molecule has 0 aliphatic heterocycles. The summed E-state index contributed by atoms with van der Waals surface area (Å²) in [5.41, 5.74) is 1.23. The molecule has 0 heterocycles. The van der Waals surface area contributed by atoms with Crippen LogP contribution in [0.25, 0.3) is 0 Å². The lowest BCUT2D eigenvalue weighted by Gasteiger charge is -2.57. The van der Waals surface area contributed by atoms with Crippen LogP contribution >= 0.6 is 0 Å². The standard InChI is InChI=1S/C23H32O2/c1-4-5-6-15-7-8-18-17-14-21(25)20-13-16(24)9-11-23(20,3)19(17)10-12-22(15,18)2/h4,13,15,17-19H,1,5-12,14H2,2-3H3/t15-,17-,18-,19-,22+,23+/m0/s1. The SMILES string of the molecule is C=CCC[C@H]1CC[C@H]2[C@@H]3CC(=O)C4=CC(=O)CC[C@]4(C)[C@H]3CC[C@]12C. The summed E-state index contributed by atoms with van der Waals surface area (Å²) in [6.45, 7) is 8.70. The summed E-state index contributed by atoms with van der Waals surface area (Å²) in [7, 11) is 0. The zero-order valence-electron chi connectivity index (χ0n) is 15.9. The summed E-state index contributed by atoms with van der Waals surface area (Å²) < 4.78 is 0. The van der Waals surface area contributed by atoms with E-state index < -0.39 is 0 Å². The van der Waals surface area contributed by atoms with Gasteiger partial charge in [0.05, 0.1) is 0 Å². The van der Waals surface area contributed by atoms with Gasteiger partial charge in [0.15, 0.2) is 11.6 Å². The van der Waals surface area contributed by atoms with E-state index in [1.807, 2.05) is 0 Å². The Morgan fingerprint density at radius 2 is 1.96 bits per heavy atom. The fourth-order valence-corrected chi connectivity index (χ4v) is 7.29. The minimum absolute atomic E-state index is 0.0472. The van der Waals surface area contributed by atoms with Crippen LogP contribution in [-0.2, 0) is 9.59 Å². The quantitative estimate of drug-likeness (QED) is 0.655. The Hall–Kier alpha value is -1.18. The van der Waals surface area contributed by atoms with Gasteiger partial charge < -0.3 is 0 Å². The van der Waals surface area contributed by atoms with E-state index >= 15 is 0 Å². The molecule has 0 aromatic heterocycles. The summed E-state index contributed by atoms with van der Waals surface area (Å²) in [5.74, 6) is 3.06. The number of fused-ring (bicyclic) bond motifs is 5. The molecule has 3 fully saturated rings. The molecule has 4 rings (SSSR count). The fourth-order valence-electron chi connectivity index (χ4n) is 7.29. The normalized spacial score (nSPS) is 46.1. The van der Waals surface area contributed by atoms with E-state index in [0.29, 0.717) is 36.0 Å². The van der Waals surface area contributed by atoms with Gasteiger partial charge in [0.25, 0.3) is 0 Å². The molecule has 0 spiro atoms. The van der Waals surface area contributed by atoms with Gasteiger partial charge in [-0.2, -0.15) is 0 Å². The molecule has 0 N–H and O–H groups in total. The van der Waals surface area contributed by atoms with Crippen LogP contribution in [0.1, 0.15) is 71.6 Å². The van der Waals surface area contributed by atoms with Crippen molar-refractivity contribution in [3.8, 4) is 0 Å².